The number of rotatable bonds is 9. The van der Waals surface area contributed by atoms with Gasteiger partial charge in [0.1, 0.15) is 0 Å². The maximum Gasteiger partial charge on any atom is 0.264 e. The minimum Gasteiger partial charge on any atom is -0.432 e. The van der Waals surface area contributed by atoms with Gasteiger partial charge in [-0.25, -0.2) is 0 Å². The molecule has 0 bridgehead atoms. The van der Waals surface area contributed by atoms with E-state index in [1.54, 1.807) is 26.8 Å². The van der Waals surface area contributed by atoms with E-state index in [0.29, 0.717) is 34.9 Å². The second-order valence-electron chi connectivity index (χ2n) is 14.4. The molecule has 1 spiro atoms. The number of para-hydroxylation sites is 1. The van der Waals surface area contributed by atoms with E-state index in [9.17, 15) is 24.3 Å². The number of halogens is 1. The number of anilines is 3. The molecule has 1 fully saturated rings. The van der Waals surface area contributed by atoms with Crippen LogP contribution in [0.5, 0.6) is 0 Å². The zero-order chi connectivity index (χ0) is 36.1. The van der Waals surface area contributed by atoms with E-state index in [1.165, 1.54) is 0 Å². The summed E-state index contributed by atoms with van der Waals surface area (Å²) in [5.74, 6) is -0.926. The lowest BCUT2D eigenvalue weighted by Gasteiger charge is -2.37. The fourth-order valence-electron chi connectivity index (χ4n) is 8.54. The van der Waals surface area contributed by atoms with Gasteiger partial charge in [0.2, 0.25) is 12.3 Å². The van der Waals surface area contributed by atoms with Crippen LogP contribution in [0.15, 0.2) is 97.1 Å². The molecule has 0 radical (unpaired) electrons. The number of hydrogen-bond donors (Lipinski definition) is 2. The number of hydrogen-bond acceptors (Lipinski definition) is 6. The SMILES string of the molecule is C[C@H]1[C@H]([Si](C)(C)O)[C@@H](CC(=O)N2Cc3ccccc3C[C@H]2CO)O[C@]12C(=O)N(Cc1ccc(N(C=O)c3ccccc3)cc1)c1ccc(Cl)cc12. The predicted octanol–water partition coefficient (Wildman–Crippen LogP) is 6.32. The molecule has 7 rings (SSSR count). The molecule has 0 saturated carbocycles. The van der Waals surface area contributed by atoms with Gasteiger partial charge in [-0.3, -0.25) is 19.3 Å². The molecule has 3 aliphatic rings. The largest absolute Gasteiger partial charge is 0.432 e. The summed E-state index contributed by atoms with van der Waals surface area (Å²) in [7, 11) is -3.03. The molecular weight excluding hydrogens is 682 g/mol. The van der Waals surface area contributed by atoms with Crippen LogP contribution in [0.2, 0.25) is 23.7 Å². The van der Waals surface area contributed by atoms with Crippen molar-refractivity contribution < 1.29 is 29.0 Å². The molecule has 0 aromatic heterocycles. The quantitative estimate of drug-likeness (QED) is 0.155. The molecule has 1 saturated heterocycles. The third kappa shape index (κ3) is 6.19. The Labute approximate surface area is 304 Å². The number of nitrogens with zero attached hydrogens (tertiary/aromatic N) is 3. The number of amides is 3. The highest BCUT2D eigenvalue weighted by Gasteiger charge is 2.66. The van der Waals surface area contributed by atoms with E-state index >= 15 is 0 Å². The number of carbonyl (C=O) groups excluding carboxylic acids is 3. The first-order chi connectivity index (χ1) is 24.5. The molecule has 2 N–H and O–H groups in total. The van der Waals surface area contributed by atoms with Gasteiger partial charge in [0, 0.05) is 40.0 Å². The first kappa shape index (κ1) is 35.1. The van der Waals surface area contributed by atoms with Crippen molar-refractivity contribution in [2.75, 3.05) is 16.4 Å². The highest BCUT2D eigenvalue weighted by atomic mass is 35.5. The van der Waals surface area contributed by atoms with Crippen molar-refractivity contribution in [1.29, 1.82) is 0 Å². The smallest absolute Gasteiger partial charge is 0.264 e. The van der Waals surface area contributed by atoms with Crippen LogP contribution < -0.4 is 9.80 Å². The van der Waals surface area contributed by atoms with E-state index < -0.39 is 31.5 Å². The van der Waals surface area contributed by atoms with Gasteiger partial charge in [0.25, 0.3) is 5.91 Å². The Morgan fingerprint density at radius 3 is 2.33 bits per heavy atom. The Morgan fingerprint density at radius 2 is 1.67 bits per heavy atom. The normalized spacial score (nSPS) is 24.1. The number of ether oxygens (including phenoxy) is 1. The van der Waals surface area contributed by atoms with Crippen molar-refractivity contribution in [2.45, 2.75) is 69.2 Å². The highest BCUT2D eigenvalue weighted by Crippen LogP contribution is 2.60. The van der Waals surface area contributed by atoms with Crippen LogP contribution in [0.1, 0.15) is 35.6 Å². The molecule has 11 heteroatoms. The fourth-order valence-corrected chi connectivity index (χ4v) is 11.3. The summed E-state index contributed by atoms with van der Waals surface area (Å²) in [6, 6.07) is 29.7. The van der Waals surface area contributed by atoms with Crippen molar-refractivity contribution in [3.63, 3.8) is 0 Å². The van der Waals surface area contributed by atoms with Crippen molar-refractivity contribution >= 4 is 55.2 Å². The van der Waals surface area contributed by atoms with Crippen molar-refractivity contribution in [3.05, 3.63) is 124 Å². The maximum atomic E-state index is 14.9. The van der Waals surface area contributed by atoms with E-state index in [0.717, 1.165) is 28.8 Å². The molecular formula is C40H42ClN3O6Si. The lowest BCUT2D eigenvalue weighted by atomic mass is 9.82. The van der Waals surface area contributed by atoms with Gasteiger partial charge in [-0.1, -0.05) is 73.1 Å². The highest BCUT2D eigenvalue weighted by molar-refractivity contribution is 6.71. The van der Waals surface area contributed by atoms with Crippen LogP contribution in [0.4, 0.5) is 17.1 Å². The van der Waals surface area contributed by atoms with Crippen LogP contribution in [0.25, 0.3) is 0 Å². The Morgan fingerprint density at radius 1 is 1.00 bits per heavy atom. The monoisotopic (exact) mass is 723 g/mol. The lowest BCUT2D eigenvalue weighted by Crippen LogP contribution is -2.48. The molecule has 0 aliphatic carbocycles. The molecule has 5 atom stereocenters. The molecule has 264 valence electrons. The summed E-state index contributed by atoms with van der Waals surface area (Å²) in [4.78, 5) is 57.7. The van der Waals surface area contributed by atoms with Gasteiger partial charge >= 0.3 is 0 Å². The van der Waals surface area contributed by atoms with Crippen LogP contribution >= 0.6 is 11.6 Å². The number of carbonyl (C=O) groups is 3. The van der Waals surface area contributed by atoms with Crippen LogP contribution in [-0.2, 0) is 44.2 Å². The molecule has 51 heavy (non-hydrogen) atoms. The van der Waals surface area contributed by atoms with E-state index in [2.05, 4.69) is 0 Å². The molecule has 4 aromatic rings. The first-order valence-electron chi connectivity index (χ1n) is 17.3. The third-order valence-corrected chi connectivity index (χ3v) is 13.6. The first-order valence-corrected chi connectivity index (χ1v) is 20.7. The molecule has 3 amide bonds. The summed E-state index contributed by atoms with van der Waals surface area (Å²) >= 11 is 6.58. The van der Waals surface area contributed by atoms with Crippen molar-refractivity contribution in [2.24, 2.45) is 5.92 Å². The minimum atomic E-state index is -3.03. The molecule has 4 aromatic carbocycles. The van der Waals surface area contributed by atoms with Crippen LogP contribution in [-0.4, -0.2) is 60.1 Å². The summed E-state index contributed by atoms with van der Waals surface area (Å²) in [6.45, 7) is 6.03. The third-order valence-electron chi connectivity index (χ3n) is 10.9. The molecule has 3 heterocycles. The summed E-state index contributed by atoms with van der Waals surface area (Å²) in [5, 5.41) is 10.7. The Hall–Kier alpha value is -4.32. The fraction of sp³-hybridized carbons (Fsp3) is 0.325. The van der Waals surface area contributed by atoms with Crippen LogP contribution in [0, 0.1) is 5.92 Å². The Kier molecular flexibility index (Phi) is 9.40. The van der Waals surface area contributed by atoms with E-state index in [1.807, 2.05) is 105 Å². The van der Waals surface area contributed by atoms with Crippen molar-refractivity contribution in [1.82, 2.24) is 4.90 Å². The Balaban J connectivity index is 1.19. The molecule has 0 unspecified atom stereocenters. The number of benzene rings is 4. The summed E-state index contributed by atoms with van der Waals surface area (Å²) in [6.07, 6.45) is 0.548. The average Bonchev–Trinajstić information content (AvgIpc) is 3.54. The average molecular weight is 724 g/mol. The Bertz CT molecular complexity index is 1950. The van der Waals surface area contributed by atoms with Crippen molar-refractivity contribution in [3.8, 4) is 0 Å². The molecule has 9 nitrogen and oxygen atoms in total. The standard InChI is InChI=1S/C40H42ClN3O6Si/c1-26-38(51(2,3)49)36(21-37(47)42-23-29-10-8-7-9-28(29)19-33(42)24-45)50-40(26)34-20-30(41)15-18-35(34)43(39(40)48)22-27-13-16-32(17-14-27)44(25-46)31-11-5-4-6-12-31/h4-18,20,25-26,33,36,38,45,49H,19,21-24H2,1-3H3/t26-,33-,36+,38-,40+/m0/s1. The number of fused-ring (bicyclic) bond motifs is 3. The summed E-state index contributed by atoms with van der Waals surface area (Å²) in [5.41, 5.74) is 3.80. The van der Waals surface area contributed by atoms with Gasteiger partial charge in [-0.15, -0.1) is 0 Å². The number of aliphatic hydroxyl groups excluding tert-OH is 1. The second-order valence-corrected chi connectivity index (χ2v) is 18.8. The van der Waals surface area contributed by atoms with Gasteiger partial charge in [0.05, 0.1) is 37.4 Å². The predicted molar refractivity (Wildman–Crippen MR) is 199 cm³/mol. The topological polar surface area (TPSA) is 111 Å². The zero-order valence-corrected chi connectivity index (χ0v) is 30.7. The van der Waals surface area contributed by atoms with Gasteiger partial charge in [-0.05, 0) is 78.7 Å². The zero-order valence-electron chi connectivity index (χ0n) is 28.9. The van der Waals surface area contributed by atoms with E-state index in [-0.39, 0.29) is 37.4 Å². The second kappa shape index (κ2) is 13.7. The number of aliphatic hydroxyl groups is 1. The summed E-state index contributed by atoms with van der Waals surface area (Å²) < 4.78 is 6.91. The van der Waals surface area contributed by atoms with E-state index in [4.69, 9.17) is 16.3 Å². The van der Waals surface area contributed by atoms with Gasteiger partial charge < -0.3 is 24.4 Å². The van der Waals surface area contributed by atoms with Crippen LogP contribution in [0.3, 0.4) is 0 Å². The van der Waals surface area contributed by atoms with Gasteiger partial charge in [-0.2, -0.15) is 0 Å². The van der Waals surface area contributed by atoms with Gasteiger partial charge in [0.15, 0.2) is 13.9 Å². The molecule has 3 aliphatic heterocycles. The minimum absolute atomic E-state index is 0.0360. The lowest BCUT2D eigenvalue weighted by molar-refractivity contribution is -0.151. The maximum absolute atomic E-state index is 14.9.